The third-order valence-electron chi connectivity index (χ3n) is 3.68. The number of rotatable bonds is 7. The first-order valence-electron chi connectivity index (χ1n) is 8.18. The van der Waals surface area contributed by atoms with E-state index in [9.17, 15) is 9.59 Å². The van der Waals surface area contributed by atoms with Crippen LogP contribution in [0.3, 0.4) is 0 Å². The number of nitrogens with one attached hydrogen (secondary N) is 3. The predicted octanol–water partition coefficient (Wildman–Crippen LogP) is 1.75. The first-order chi connectivity index (χ1) is 12.4. The van der Waals surface area contributed by atoms with E-state index >= 15 is 0 Å². The maximum atomic E-state index is 12.1. The van der Waals surface area contributed by atoms with Gasteiger partial charge in [-0.25, -0.2) is 0 Å². The molecule has 2 amide bonds. The van der Waals surface area contributed by atoms with Crippen LogP contribution in [0.5, 0.6) is 5.75 Å². The van der Waals surface area contributed by atoms with E-state index in [4.69, 9.17) is 16.3 Å². The van der Waals surface area contributed by atoms with Gasteiger partial charge in [-0.3, -0.25) is 9.59 Å². The Morgan fingerprint density at radius 3 is 2.42 bits per heavy atom. The smallest absolute Gasteiger partial charge is 0.279 e. The average Bonchev–Trinajstić information content (AvgIpc) is 2.57. The predicted molar refractivity (Wildman–Crippen MR) is 103 cm³/mol. The monoisotopic (exact) mass is 376 g/mol. The molecule has 0 fully saturated rings. The van der Waals surface area contributed by atoms with Gasteiger partial charge in [-0.2, -0.15) is 0 Å². The number of aryl methyl sites for hydroxylation is 1. The topological polar surface area (TPSA) is 71.9 Å². The highest BCUT2D eigenvalue weighted by Crippen LogP contribution is 2.22. The number of carbonyl (C=O) groups is 2. The Kier molecular flexibility index (Phi) is 7.00. The van der Waals surface area contributed by atoms with E-state index in [1.165, 1.54) is 0 Å². The molecule has 3 N–H and O–H groups in total. The first kappa shape index (κ1) is 19.8. The molecule has 0 aromatic heterocycles. The van der Waals surface area contributed by atoms with Crippen LogP contribution in [0.4, 0.5) is 11.4 Å². The van der Waals surface area contributed by atoms with Crippen LogP contribution in [-0.4, -0.2) is 39.1 Å². The summed E-state index contributed by atoms with van der Waals surface area (Å²) in [6, 6.07) is 12.5. The fourth-order valence-corrected chi connectivity index (χ4v) is 2.71. The normalized spacial score (nSPS) is 11.5. The summed E-state index contributed by atoms with van der Waals surface area (Å²) in [7, 11) is 3.35. The van der Waals surface area contributed by atoms with Gasteiger partial charge in [0.25, 0.3) is 11.8 Å². The van der Waals surface area contributed by atoms with E-state index in [2.05, 4.69) is 10.6 Å². The number of halogens is 1. The van der Waals surface area contributed by atoms with Gasteiger partial charge in [0, 0.05) is 11.8 Å². The second-order valence-electron chi connectivity index (χ2n) is 6.12. The molecular formula is C19H23ClN3O3+. The highest BCUT2D eigenvalue weighted by atomic mass is 35.5. The van der Waals surface area contributed by atoms with Crippen LogP contribution in [-0.2, 0) is 9.59 Å². The fraction of sp³-hybridized carbons (Fsp3) is 0.263. The van der Waals surface area contributed by atoms with Crippen molar-refractivity contribution in [3.8, 4) is 5.75 Å². The minimum Gasteiger partial charge on any atom is -0.497 e. The quantitative estimate of drug-likeness (QED) is 0.689. The van der Waals surface area contributed by atoms with Crippen LogP contribution in [0.25, 0.3) is 0 Å². The molecule has 2 aromatic rings. The molecule has 0 saturated carbocycles. The lowest BCUT2D eigenvalue weighted by Crippen LogP contribution is -3.11. The molecule has 0 heterocycles. The van der Waals surface area contributed by atoms with Crippen molar-refractivity contribution < 1.29 is 19.2 Å². The van der Waals surface area contributed by atoms with Crippen LogP contribution in [0.15, 0.2) is 42.5 Å². The van der Waals surface area contributed by atoms with Crippen molar-refractivity contribution in [1.29, 1.82) is 0 Å². The van der Waals surface area contributed by atoms with Crippen LogP contribution in [0, 0.1) is 6.92 Å². The van der Waals surface area contributed by atoms with E-state index < -0.39 is 0 Å². The van der Waals surface area contributed by atoms with Gasteiger partial charge in [0.1, 0.15) is 5.75 Å². The van der Waals surface area contributed by atoms with E-state index in [0.717, 1.165) is 10.5 Å². The summed E-state index contributed by atoms with van der Waals surface area (Å²) in [4.78, 5) is 25.0. The van der Waals surface area contributed by atoms with Crippen molar-refractivity contribution in [3.05, 3.63) is 53.1 Å². The zero-order valence-corrected chi connectivity index (χ0v) is 15.8. The van der Waals surface area contributed by atoms with E-state index in [1.807, 2.05) is 13.0 Å². The minimum atomic E-state index is -0.206. The summed E-state index contributed by atoms with van der Waals surface area (Å²) in [6.45, 7) is 2.23. The zero-order chi connectivity index (χ0) is 19.1. The van der Waals surface area contributed by atoms with Crippen molar-refractivity contribution in [2.24, 2.45) is 0 Å². The van der Waals surface area contributed by atoms with Crippen LogP contribution >= 0.6 is 11.6 Å². The molecule has 0 aliphatic rings. The number of amides is 2. The Hall–Kier alpha value is -2.57. The molecule has 0 saturated heterocycles. The lowest BCUT2D eigenvalue weighted by molar-refractivity contribution is -0.862. The molecule has 1 atom stereocenters. The Morgan fingerprint density at radius 2 is 1.77 bits per heavy atom. The number of ether oxygens (including phenoxy) is 1. The van der Waals surface area contributed by atoms with Crippen LogP contribution in [0.2, 0.25) is 5.02 Å². The summed E-state index contributed by atoms with van der Waals surface area (Å²) in [5, 5.41) is 6.05. The van der Waals surface area contributed by atoms with Crippen molar-refractivity contribution in [1.82, 2.24) is 0 Å². The Labute approximate surface area is 158 Å². The van der Waals surface area contributed by atoms with Crippen LogP contribution < -0.4 is 20.3 Å². The van der Waals surface area contributed by atoms with Gasteiger partial charge in [-0.15, -0.1) is 0 Å². The number of benzene rings is 2. The summed E-state index contributed by atoms with van der Waals surface area (Å²) < 4.78 is 5.12. The molecule has 0 aliphatic heterocycles. The average molecular weight is 377 g/mol. The maximum absolute atomic E-state index is 12.1. The number of hydrogen-bond donors (Lipinski definition) is 3. The van der Waals surface area contributed by atoms with Gasteiger partial charge in [-0.1, -0.05) is 23.7 Å². The van der Waals surface area contributed by atoms with Gasteiger partial charge >= 0.3 is 0 Å². The second kappa shape index (κ2) is 9.22. The van der Waals surface area contributed by atoms with E-state index in [-0.39, 0.29) is 24.9 Å². The molecular weight excluding hydrogens is 354 g/mol. The summed E-state index contributed by atoms with van der Waals surface area (Å²) in [6.07, 6.45) is 0. The van der Waals surface area contributed by atoms with Gasteiger partial charge in [0.2, 0.25) is 0 Å². The van der Waals surface area contributed by atoms with Gasteiger partial charge < -0.3 is 20.3 Å². The number of methoxy groups -OCH3 is 1. The standard InChI is InChI=1S/C19H22ClN3O3/c1-13-7-8-17(16(20)9-13)22-19(25)12-23(2)11-18(24)21-14-5-4-6-15(10-14)26-3/h4-10H,11-12H2,1-3H3,(H,21,24)(H,22,25)/p+1. The minimum absolute atomic E-state index is 0.149. The van der Waals surface area contributed by atoms with Crippen molar-refractivity contribution >= 4 is 34.8 Å². The van der Waals surface area contributed by atoms with Gasteiger partial charge in [0.15, 0.2) is 13.1 Å². The molecule has 0 spiro atoms. The zero-order valence-electron chi connectivity index (χ0n) is 15.1. The number of carbonyl (C=O) groups excluding carboxylic acids is 2. The summed E-state index contributed by atoms with van der Waals surface area (Å²) in [5.41, 5.74) is 2.24. The molecule has 1 unspecified atom stereocenters. The summed E-state index contributed by atoms with van der Waals surface area (Å²) in [5.74, 6) is 0.275. The molecule has 0 aliphatic carbocycles. The maximum Gasteiger partial charge on any atom is 0.279 e. The van der Waals surface area contributed by atoms with Gasteiger partial charge in [-0.05, 0) is 36.8 Å². The number of anilines is 2. The van der Waals surface area contributed by atoms with E-state index in [0.29, 0.717) is 22.1 Å². The molecule has 0 bridgehead atoms. The van der Waals surface area contributed by atoms with Crippen molar-refractivity contribution in [2.75, 3.05) is 37.9 Å². The number of likely N-dealkylation sites (N-methyl/N-ethyl adjacent to an activating group) is 1. The third kappa shape index (κ3) is 6.06. The molecule has 6 nitrogen and oxygen atoms in total. The summed E-state index contributed by atoms with van der Waals surface area (Å²) >= 11 is 6.11. The second-order valence-corrected chi connectivity index (χ2v) is 6.53. The van der Waals surface area contributed by atoms with E-state index in [1.54, 1.807) is 50.6 Å². The number of hydrogen-bond acceptors (Lipinski definition) is 3. The first-order valence-corrected chi connectivity index (χ1v) is 8.56. The van der Waals surface area contributed by atoms with Crippen molar-refractivity contribution in [3.63, 3.8) is 0 Å². The largest absolute Gasteiger partial charge is 0.497 e. The van der Waals surface area contributed by atoms with Crippen LogP contribution in [0.1, 0.15) is 5.56 Å². The molecule has 0 radical (unpaired) electrons. The fourth-order valence-electron chi connectivity index (χ4n) is 2.43. The lowest BCUT2D eigenvalue weighted by atomic mass is 10.2. The molecule has 26 heavy (non-hydrogen) atoms. The Bertz CT molecular complexity index is 795. The SMILES string of the molecule is COc1cccc(NC(=O)C[NH+](C)CC(=O)Nc2ccc(C)cc2Cl)c1. The third-order valence-corrected chi connectivity index (χ3v) is 3.99. The highest BCUT2D eigenvalue weighted by Gasteiger charge is 2.15. The highest BCUT2D eigenvalue weighted by molar-refractivity contribution is 6.33. The Balaban J connectivity index is 1.84. The molecule has 2 rings (SSSR count). The lowest BCUT2D eigenvalue weighted by Gasteiger charge is -2.14. The Morgan fingerprint density at radius 1 is 1.08 bits per heavy atom. The number of quaternary nitrogens is 1. The molecule has 138 valence electrons. The molecule has 7 heteroatoms. The van der Waals surface area contributed by atoms with Crippen molar-refractivity contribution in [2.45, 2.75) is 6.92 Å². The van der Waals surface area contributed by atoms with Gasteiger partial charge in [0.05, 0.1) is 24.9 Å². The molecule has 2 aromatic carbocycles.